The predicted molar refractivity (Wildman–Crippen MR) is 81.5 cm³/mol. The van der Waals surface area contributed by atoms with Crippen LogP contribution in [0.3, 0.4) is 0 Å². The number of carbonyl (C=O) groups is 3. The SMILES string of the molecule is CC(=O)N[C@H](CC(=O)N1CCOC[C@@H]1C(=O)O)c1c(F)cccc1F. The molecule has 1 aliphatic heterocycles. The van der Waals surface area contributed by atoms with Crippen LogP contribution in [0.2, 0.25) is 0 Å². The summed E-state index contributed by atoms with van der Waals surface area (Å²) in [6.45, 7) is 1.20. The van der Waals surface area contributed by atoms with Gasteiger partial charge in [-0.15, -0.1) is 0 Å². The van der Waals surface area contributed by atoms with Gasteiger partial charge in [0, 0.05) is 19.0 Å². The summed E-state index contributed by atoms with van der Waals surface area (Å²) in [5.74, 6) is -4.25. The Labute approximate surface area is 142 Å². The number of benzene rings is 1. The van der Waals surface area contributed by atoms with Crippen molar-refractivity contribution >= 4 is 17.8 Å². The number of nitrogens with zero attached hydrogens (tertiary/aromatic N) is 1. The van der Waals surface area contributed by atoms with Gasteiger partial charge in [-0.3, -0.25) is 9.59 Å². The highest BCUT2D eigenvalue weighted by Crippen LogP contribution is 2.25. The van der Waals surface area contributed by atoms with E-state index in [1.54, 1.807) is 0 Å². The Morgan fingerprint density at radius 1 is 1.36 bits per heavy atom. The number of halogens is 2. The minimum absolute atomic E-state index is 0.0440. The van der Waals surface area contributed by atoms with E-state index >= 15 is 0 Å². The van der Waals surface area contributed by atoms with Gasteiger partial charge in [-0.1, -0.05) is 6.07 Å². The number of ether oxygens (including phenoxy) is 1. The Balaban J connectivity index is 2.26. The van der Waals surface area contributed by atoms with E-state index in [1.807, 2.05) is 0 Å². The van der Waals surface area contributed by atoms with Crippen LogP contribution in [0, 0.1) is 11.6 Å². The van der Waals surface area contributed by atoms with Crippen LogP contribution in [0.5, 0.6) is 0 Å². The van der Waals surface area contributed by atoms with Crippen LogP contribution in [0.1, 0.15) is 24.9 Å². The summed E-state index contributed by atoms with van der Waals surface area (Å²) >= 11 is 0. The average Bonchev–Trinajstić information content (AvgIpc) is 2.53. The summed E-state index contributed by atoms with van der Waals surface area (Å²) < 4.78 is 33.1. The third kappa shape index (κ3) is 4.50. The maximum absolute atomic E-state index is 14.0. The van der Waals surface area contributed by atoms with Gasteiger partial charge in [0.2, 0.25) is 11.8 Å². The lowest BCUT2D eigenvalue weighted by Gasteiger charge is -2.34. The van der Waals surface area contributed by atoms with E-state index < -0.39 is 53.5 Å². The molecular weight excluding hydrogens is 338 g/mol. The fraction of sp³-hybridized carbons (Fsp3) is 0.438. The standard InChI is InChI=1S/C16H18F2N2O5/c1-9(21)19-12(15-10(17)3-2-4-11(15)18)7-14(22)20-5-6-25-8-13(20)16(23)24/h2-4,12-13H,5-8H2,1H3,(H,19,21)(H,23,24)/t12-,13-/m1/s1. The first-order chi connectivity index (χ1) is 11.8. The quantitative estimate of drug-likeness (QED) is 0.815. The Morgan fingerprint density at radius 2 is 2.00 bits per heavy atom. The molecule has 2 amide bonds. The third-order valence-electron chi connectivity index (χ3n) is 3.84. The molecule has 1 saturated heterocycles. The summed E-state index contributed by atoms with van der Waals surface area (Å²) in [4.78, 5) is 36.2. The van der Waals surface area contributed by atoms with Gasteiger partial charge < -0.3 is 20.1 Å². The van der Waals surface area contributed by atoms with Gasteiger partial charge in [-0.25, -0.2) is 13.6 Å². The number of carbonyl (C=O) groups excluding carboxylic acids is 2. The second-order valence-electron chi connectivity index (χ2n) is 5.61. The van der Waals surface area contributed by atoms with Crippen molar-refractivity contribution in [3.8, 4) is 0 Å². The predicted octanol–water partition coefficient (Wildman–Crippen LogP) is 0.844. The van der Waals surface area contributed by atoms with Crippen LogP contribution in [0.4, 0.5) is 8.78 Å². The number of rotatable bonds is 5. The van der Waals surface area contributed by atoms with Gasteiger partial charge >= 0.3 is 5.97 Å². The number of morpholine rings is 1. The second kappa shape index (κ2) is 8.02. The van der Waals surface area contributed by atoms with Crippen molar-refractivity contribution in [3.63, 3.8) is 0 Å². The Hall–Kier alpha value is -2.55. The molecule has 0 radical (unpaired) electrons. The molecule has 2 rings (SSSR count). The van der Waals surface area contributed by atoms with Crippen molar-refractivity contribution in [1.29, 1.82) is 0 Å². The summed E-state index contributed by atoms with van der Waals surface area (Å²) in [5.41, 5.74) is -0.439. The van der Waals surface area contributed by atoms with E-state index in [9.17, 15) is 28.3 Å². The van der Waals surface area contributed by atoms with Crippen molar-refractivity contribution in [2.75, 3.05) is 19.8 Å². The molecule has 1 aliphatic rings. The zero-order chi connectivity index (χ0) is 18.6. The van der Waals surface area contributed by atoms with Crippen LogP contribution in [0.25, 0.3) is 0 Å². The molecule has 0 spiro atoms. The molecule has 1 aromatic rings. The molecule has 136 valence electrons. The summed E-state index contributed by atoms with van der Waals surface area (Å²) in [6.07, 6.45) is -0.471. The van der Waals surface area contributed by atoms with Gasteiger partial charge in [-0.05, 0) is 12.1 Å². The van der Waals surface area contributed by atoms with Crippen LogP contribution < -0.4 is 5.32 Å². The molecule has 0 unspecified atom stereocenters. The molecule has 0 aromatic heterocycles. The highest BCUT2D eigenvalue weighted by molar-refractivity contribution is 5.85. The average molecular weight is 356 g/mol. The molecule has 0 saturated carbocycles. The Kier molecular flexibility index (Phi) is 6.02. The lowest BCUT2D eigenvalue weighted by atomic mass is 10.0. The number of hydrogen-bond donors (Lipinski definition) is 2. The molecule has 25 heavy (non-hydrogen) atoms. The summed E-state index contributed by atoms with van der Waals surface area (Å²) in [5, 5.41) is 11.5. The van der Waals surface area contributed by atoms with E-state index in [0.29, 0.717) is 0 Å². The third-order valence-corrected chi connectivity index (χ3v) is 3.84. The number of nitrogens with one attached hydrogen (secondary N) is 1. The largest absolute Gasteiger partial charge is 0.480 e. The van der Waals surface area contributed by atoms with Gasteiger partial charge in [0.05, 0.1) is 25.7 Å². The van der Waals surface area contributed by atoms with Gasteiger partial charge in [0.15, 0.2) is 6.04 Å². The molecule has 1 fully saturated rings. The van der Waals surface area contributed by atoms with Crippen LogP contribution in [-0.2, 0) is 19.1 Å². The fourth-order valence-corrected chi connectivity index (χ4v) is 2.71. The normalized spacial score (nSPS) is 18.5. The van der Waals surface area contributed by atoms with Crippen molar-refractivity contribution in [3.05, 3.63) is 35.4 Å². The van der Waals surface area contributed by atoms with E-state index in [4.69, 9.17) is 4.74 Å². The first-order valence-corrected chi connectivity index (χ1v) is 7.62. The van der Waals surface area contributed by atoms with Crippen LogP contribution in [-0.4, -0.2) is 53.6 Å². The van der Waals surface area contributed by atoms with Crippen molar-refractivity contribution in [1.82, 2.24) is 10.2 Å². The highest BCUT2D eigenvalue weighted by Gasteiger charge is 2.34. The zero-order valence-corrected chi connectivity index (χ0v) is 13.5. The van der Waals surface area contributed by atoms with Crippen LogP contribution >= 0.6 is 0 Å². The van der Waals surface area contributed by atoms with Crippen molar-refractivity contribution in [2.24, 2.45) is 0 Å². The summed E-state index contributed by atoms with van der Waals surface area (Å²) in [7, 11) is 0. The highest BCUT2D eigenvalue weighted by atomic mass is 19.1. The maximum Gasteiger partial charge on any atom is 0.328 e. The number of hydrogen-bond acceptors (Lipinski definition) is 4. The molecule has 7 nitrogen and oxygen atoms in total. The molecule has 1 heterocycles. The molecule has 9 heteroatoms. The Bertz CT molecular complexity index is 662. The van der Waals surface area contributed by atoms with Crippen LogP contribution in [0.15, 0.2) is 18.2 Å². The van der Waals surface area contributed by atoms with Gasteiger partial charge in [-0.2, -0.15) is 0 Å². The van der Waals surface area contributed by atoms with E-state index in [-0.39, 0.29) is 19.8 Å². The number of amides is 2. The number of carboxylic acid groups (broad SMARTS) is 1. The number of carboxylic acids is 1. The van der Waals surface area contributed by atoms with E-state index in [0.717, 1.165) is 24.0 Å². The monoisotopic (exact) mass is 356 g/mol. The maximum atomic E-state index is 14.0. The van der Waals surface area contributed by atoms with Gasteiger partial charge in [0.25, 0.3) is 0 Å². The summed E-state index contributed by atoms with van der Waals surface area (Å²) in [6, 6.07) is 0.788. The smallest absolute Gasteiger partial charge is 0.328 e. The van der Waals surface area contributed by atoms with Crippen molar-refractivity contribution in [2.45, 2.75) is 25.4 Å². The molecule has 0 aliphatic carbocycles. The lowest BCUT2D eigenvalue weighted by Crippen LogP contribution is -2.53. The first kappa shape index (κ1) is 18.8. The fourth-order valence-electron chi connectivity index (χ4n) is 2.71. The molecule has 1 aromatic carbocycles. The lowest BCUT2D eigenvalue weighted by molar-refractivity contribution is -0.158. The zero-order valence-electron chi connectivity index (χ0n) is 13.5. The van der Waals surface area contributed by atoms with E-state index in [1.165, 1.54) is 6.07 Å². The second-order valence-corrected chi connectivity index (χ2v) is 5.61. The van der Waals surface area contributed by atoms with Crippen molar-refractivity contribution < 1.29 is 33.0 Å². The van der Waals surface area contributed by atoms with Gasteiger partial charge in [0.1, 0.15) is 11.6 Å². The minimum Gasteiger partial charge on any atom is -0.480 e. The first-order valence-electron chi connectivity index (χ1n) is 7.62. The molecule has 2 atom stereocenters. The molecule has 2 N–H and O–H groups in total. The Morgan fingerprint density at radius 3 is 2.56 bits per heavy atom. The topological polar surface area (TPSA) is 95.9 Å². The van der Waals surface area contributed by atoms with E-state index in [2.05, 4.69) is 5.32 Å². The minimum atomic E-state index is -1.25. The number of aliphatic carboxylic acids is 1. The molecule has 0 bridgehead atoms. The molecular formula is C16H18F2N2O5.